The smallest absolute Gasteiger partial charge is 0.310 e. The molecule has 0 aromatic heterocycles. The van der Waals surface area contributed by atoms with Gasteiger partial charge in [-0.1, -0.05) is 239 Å². The van der Waals surface area contributed by atoms with E-state index in [2.05, 4.69) is 130 Å². The molecule has 0 rings (SSSR count). The quantitative estimate of drug-likeness (QED) is 0.0345. The van der Waals surface area contributed by atoms with Crippen molar-refractivity contribution in [3.8, 4) is 0 Å². The lowest BCUT2D eigenvalue weighted by molar-refractivity contribution is -0.162. The maximum Gasteiger partial charge on any atom is 0.310 e. The molecule has 0 spiro atoms. The van der Waals surface area contributed by atoms with Crippen molar-refractivity contribution >= 4 is 11.9 Å². The highest BCUT2D eigenvalue weighted by Crippen LogP contribution is 2.14. The SMILES string of the molecule is CC/C=C\C/C=C\C/C=C\C/C=C\C/C=C\CC(=O)OC(COCCCCCCC/C=C\C/C=C\C/C=C\C/C=C\CC)COC(=O)CCCCCCCCCCC/C=C\CCCCCCCC. The van der Waals surface area contributed by atoms with E-state index in [9.17, 15) is 9.59 Å². The summed E-state index contributed by atoms with van der Waals surface area (Å²) in [7, 11) is 0. The molecule has 0 saturated carbocycles. The van der Waals surface area contributed by atoms with Gasteiger partial charge in [-0.25, -0.2) is 0 Å². The Hall–Kier alpha value is -3.70. The van der Waals surface area contributed by atoms with Crippen molar-refractivity contribution in [3.63, 3.8) is 0 Å². The first-order valence-corrected chi connectivity index (χ1v) is 28.1. The molecule has 0 aliphatic carbocycles. The minimum atomic E-state index is -0.610. The van der Waals surface area contributed by atoms with Crippen LogP contribution in [-0.2, 0) is 23.8 Å². The molecule has 0 aliphatic rings. The number of carbonyl (C=O) groups is 2. The fourth-order valence-corrected chi connectivity index (χ4v) is 7.39. The summed E-state index contributed by atoms with van der Waals surface area (Å²) in [5.41, 5.74) is 0. The molecule has 5 nitrogen and oxygen atoms in total. The maximum absolute atomic E-state index is 12.8. The lowest BCUT2D eigenvalue weighted by Crippen LogP contribution is -2.29. The van der Waals surface area contributed by atoms with Gasteiger partial charge in [0, 0.05) is 13.0 Å². The summed E-state index contributed by atoms with van der Waals surface area (Å²) in [5.74, 6) is -0.560. The number of rotatable bonds is 50. The molecule has 68 heavy (non-hydrogen) atoms. The molecule has 1 atom stereocenters. The Kier molecular flexibility index (Phi) is 54.5. The fourth-order valence-electron chi connectivity index (χ4n) is 7.39. The molecule has 0 radical (unpaired) electrons. The van der Waals surface area contributed by atoms with Crippen molar-refractivity contribution in [2.24, 2.45) is 0 Å². The topological polar surface area (TPSA) is 61.8 Å². The van der Waals surface area contributed by atoms with Gasteiger partial charge in [-0.05, 0) is 109 Å². The number of carbonyl (C=O) groups excluding carboxylic acids is 2. The van der Waals surface area contributed by atoms with Crippen molar-refractivity contribution in [2.45, 2.75) is 245 Å². The van der Waals surface area contributed by atoms with Crippen LogP contribution in [0, 0.1) is 0 Å². The van der Waals surface area contributed by atoms with Crippen LogP contribution in [0.5, 0.6) is 0 Å². The normalized spacial score (nSPS) is 13.2. The first-order chi connectivity index (χ1) is 33.6. The van der Waals surface area contributed by atoms with Crippen molar-refractivity contribution in [1.82, 2.24) is 0 Å². The highest BCUT2D eigenvalue weighted by atomic mass is 16.6. The second-order valence-electron chi connectivity index (χ2n) is 18.1. The number of esters is 2. The molecule has 0 aromatic rings. The van der Waals surface area contributed by atoms with Gasteiger partial charge < -0.3 is 14.2 Å². The zero-order valence-electron chi connectivity index (χ0n) is 44.3. The monoisotopic (exact) mass is 941 g/mol. The van der Waals surface area contributed by atoms with Crippen LogP contribution in [0.15, 0.2) is 122 Å². The van der Waals surface area contributed by atoms with Crippen LogP contribution >= 0.6 is 0 Å². The van der Waals surface area contributed by atoms with Crippen molar-refractivity contribution < 1.29 is 23.8 Å². The van der Waals surface area contributed by atoms with Crippen LogP contribution in [0.25, 0.3) is 0 Å². The number of ether oxygens (including phenoxy) is 3. The van der Waals surface area contributed by atoms with Gasteiger partial charge in [0.2, 0.25) is 0 Å². The first kappa shape index (κ1) is 64.3. The lowest BCUT2D eigenvalue weighted by Gasteiger charge is -2.18. The Morgan fingerprint density at radius 3 is 1.15 bits per heavy atom. The van der Waals surface area contributed by atoms with E-state index in [1.54, 1.807) is 0 Å². The molecule has 1 unspecified atom stereocenters. The van der Waals surface area contributed by atoms with Gasteiger partial charge in [0.25, 0.3) is 0 Å². The Morgan fingerprint density at radius 1 is 0.353 bits per heavy atom. The minimum Gasteiger partial charge on any atom is -0.462 e. The third kappa shape index (κ3) is 54.9. The summed E-state index contributed by atoms with van der Waals surface area (Å²) < 4.78 is 17.3. The molecule has 0 aliphatic heterocycles. The predicted molar refractivity (Wildman–Crippen MR) is 297 cm³/mol. The molecule has 0 heterocycles. The minimum absolute atomic E-state index is 0.0302. The molecule has 0 fully saturated rings. The number of unbranched alkanes of at least 4 members (excludes halogenated alkanes) is 20. The van der Waals surface area contributed by atoms with Gasteiger partial charge in [0.05, 0.1) is 13.0 Å². The lowest BCUT2D eigenvalue weighted by atomic mass is 10.1. The predicted octanol–water partition coefficient (Wildman–Crippen LogP) is 19.3. The first-order valence-electron chi connectivity index (χ1n) is 28.1. The largest absolute Gasteiger partial charge is 0.462 e. The number of hydrogen-bond donors (Lipinski definition) is 0. The van der Waals surface area contributed by atoms with Crippen molar-refractivity contribution in [2.75, 3.05) is 19.8 Å². The standard InChI is InChI=1S/C63H104O5/c1-4-7-10-13-16-19-22-25-28-30-32-33-36-38-41-44-47-50-53-56-62(64)67-60-61(68-63(65)57-54-51-48-45-42-39-35-27-24-21-18-15-12-9-6-3)59-66-58-55-52-49-46-43-40-37-34-31-29-26-23-20-17-14-11-8-5-2/h8-9,11-12,17-18,20-21,25-29,34-35,37,42,45,51,54,61H,4-7,10,13-16,19,22-24,30-33,36,38-41,43-44,46-50,52-53,55-60H2,1-3H3/b11-8-,12-9-,20-17-,21-18-,28-25-,29-26-,35-27-,37-34-,45-42-,54-51-. The van der Waals surface area contributed by atoms with Gasteiger partial charge >= 0.3 is 11.9 Å². The molecular formula is C63H104O5. The van der Waals surface area contributed by atoms with E-state index in [4.69, 9.17) is 14.2 Å². The van der Waals surface area contributed by atoms with E-state index < -0.39 is 6.10 Å². The molecule has 0 N–H and O–H groups in total. The van der Waals surface area contributed by atoms with E-state index in [1.807, 2.05) is 12.2 Å². The van der Waals surface area contributed by atoms with Gasteiger partial charge in [-0.3, -0.25) is 9.59 Å². The molecule has 5 heteroatoms. The molecule has 0 saturated heterocycles. The summed E-state index contributed by atoms with van der Waals surface area (Å²) in [4.78, 5) is 25.4. The molecule has 0 bridgehead atoms. The highest BCUT2D eigenvalue weighted by Gasteiger charge is 2.17. The van der Waals surface area contributed by atoms with Crippen molar-refractivity contribution in [3.05, 3.63) is 122 Å². The Morgan fingerprint density at radius 2 is 0.706 bits per heavy atom. The molecule has 0 aromatic carbocycles. The summed E-state index contributed by atoms with van der Waals surface area (Å²) in [6.07, 6.45) is 81.0. The van der Waals surface area contributed by atoms with Gasteiger partial charge in [-0.2, -0.15) is 0 Å². The number of hydrogen-bond acceptors (Lipinski definition) is 5. The third-order valence-electron chi connectivity index (χ3n) is 11.5. The second-order valence-corrected chi connectivity index (χ2v) is 18.1. The van der Waals surface area contributed by atoms with Crippen LogP contribution in [0.2, 0.25) is 0 Å². The molecule has 386 valence electrons. The van der Waals surface area contributed by atoms with Gasteiger partial charge in [0.1, 0.15) is 6.61 Å². The zero-order chi connectivity index (χ0) is 49.2. The summed E-state index contributed by atoms with van der Waals surface area (Å²) in [6, 6.07) is 0. The van der Waals surface area contributed by atoms with Crippen LogP contribution in [0.4, 0.5) is 0 Å². The van der Waals surface area contributed by atoms with Crippen molar-refractivity contribution in [1.29, 1.82) is 0 Å². The summed E-state index contributed by atoms with van der Waals surface area (Å²) >= 11 is 0. The van der Waals surface area contributed by atoms with Gasteiger partial charge in [-0.15, -0.1) is 0 Å². The highest BCUT2D eigenvalue weighted by molar-refractivity contribution is 5.71. The average molecular weight is 942 g/mol. The fraction of sp³-hybridized carbons (Fsp3) is 0.651. The van der Waals surface area contributed by atoms with Gasteiger partial charge in [0.15, 0.2) is 6.10 Å². The number of allylic oxidation sites excluding steroid dienone is 19. The van der Waals surface area contributed by atoms with Crippen LogP contribution in [-0.4, -0.2) is 37.9 Å². The summed E-state index contributed by atoms with van der Waals surface area (Å²) in [5, 5.41) is 0. The van der Waals surface area contributed by atoms with E-state index in [-0.39, 0.29) is 31.6 Å². The van der Waals surface area contributed by atoms with E-state index in [0.29, 0.717) is 13.0 Å². The Balaban J connectivity index is 4.42. The Labute approximate surface area is 420 Å². The zero-order valence-corrected chi connectivity index (χ0v) is 44.3. The summed E-state index contributed by atoms with van der Waals surface area (Å²) in [6.45, 7) is 7.45. The van der Waals surface area contributed by atoms with Crippen LogP contribution < -0.4 is 0 Å². The third-order valence-corrected chi connectivity index (χ3v) is 11.5. The van der Waals surface area contributed by atoms with Crippen LogP contribution in [0.3, 0.4) is 0 Å². The van der Waals surface area contributed by atoms with E-state index in [1.165, 1.54) is 109 Å². The Bertz CT molecular complexity index is 1390. The second kappa shape index (κ2) is 57.6. The average Bonchev–Trinajstić information content (AvgIpc) is 3.34. The molecule has 0 amide bonds. The van der Waals surface area contributed by atoms with Crippen LogP contribution in [0.1, 0.15) is 239 Å². The van der Waals surface area contributed by atoms with E-state index >= 15 is 0 Å². The van der Waals surface area contributed by atoms with E-state index in [0.717, 1.165) is 96.3 Å². The molecular weight excluding hydrogens is 837 g/mol. The maximum atomic E-state index is 12.8.